The quantitative estimate of drug-likeness (QED) is 0.389. The molecule has 0 amide bonds. The summed E-state index contributed by atoms with van der Waals surface area (Å²) in [7, 11) is 1.80. The van der Waals surface area contributed by atoms with Gasteiger partial charge in [0.2, 0.25) is 0 Å². The summed E-state index contributed by atoms with van der Waals surface area (Å²) in [6.07, 6.45) is 9.45. The minimum absolute atomic E-state index is 0.673. The Morgan fingerprint density at radius 1 is 1.20 bits per heavy atom. The lowest BCUT2D eigenvalue weighted by Gasteiger charge is -2.13. The van der Waals surface area contributed by atoms with Crippen LogP contribution in [-0.4, -0.2) is 41.1 Å². The lowest BCUT2D eigenvalue weighted by Crippen LogP contribution is -2.37. The van der Waals surface area contributed by atoms with Gasteiger partial charge in [0.1, 0.15) is 5.82 Å². The number of nitrogens with zero attached hydrogens (tertiary/aromatic N) is 3. The molecule has 0 radical (unpaired) electrons. The Morgan fingerprint density at radius 2 is 2.04 bits per heavy atom. The van der Waals surface area contributed by atoms with Gasteiger partial charge in [-0.3, -0.25) is 4.99 Å². The smallest absolute Gasteiger partial charge is 0.191 e. The molecule has 0 fully saturated rings. The van der Waals surface area contributed by atoms with E-state index in [-0.39, 0.29) is 0 Å². The molecule has 0 saturated heterocycles. The van der Waals surface area contributed by atoms with E-state index in [1.165, 1.54) is 17.7 Å². The molecule has 2 aromatic rings. The van der Waals surface area contributed by atoms with Crippen molar-refractivity contribution in [3.05, 3.63) is 54.1 Å². The molecule has 0 unspecified atom stereocenters. The maximum Gasteiger partial charge on any atom is 0.191 e. The number of aromatic nitrogens is 2. The standard InChI is InChI=1S/C19H29N5S/c1-20-19(22-11-6-7-15-25-2)23-16-18-21-12-14-24(18)13-10-17-8-4-3-5-9-17/h3-5,8-9,12,14H,6-7,10-11,13,15-16H2,1-2H3,(H2,20,22,23). The molecule has 1 aromatic heterocycles. The average molecular weight is 360 g/mol. The highest BCUT2D eigenvalue weighted by Gasteiger charge is 2.04. The number of imidazole rings is 1. The van der Waals surface area contributed by atoms with E-state index in [9.17, 15) is 0 Å². The lowest BCUT2D eigenvalue weighted by molar-refractivity contribution is 0.633. The summed E-state index contributed by atoms with van der Waals surface area (Å²) in [4.78, 5) is 8.75. The van der Waals surface area contributed by atoms with Crippen LogP contribution in [0.4, 0.5) is 0 Å². The van der Waals surface area contributed by atoms with Crippen molar-refractivity contribution in [2.24, 2.45) is 4.99 Å². The van der Waals surface area contributed by atoms with E-state index in [1.807, 2.05) is 24.2 Å². The molecule has 136 valence electrons. The highest BCUT2D eigenvalue weighted by Crippen LogP contribution is 2.04. The first kappa shape index (κ1) is 19.4. The molecule has 1 aromatic carbocycles. The van der Waals surface area contributed by atoms with Crippen LogP contribution < -0.4 is 10.6 Å². The summed E-state index contributed by atoms with van der Waals surface area (Å²) >= 11 is 1.89. The van der Waals surface area contributed by atoms with Gasteiger partial charge in [-0.1, -0.05) is 30.3 Å². The minimum Gasteiger partial charge on any atom is -0.356 e. The van der Waals surface area contributed by atoms with Gasteiger partial charge in [0.05, 0.1) is 6.54 Å². The van der Waals surface area contributed by atoms with Gasteiger partial charge in [-0.2, -0.15) is 11.8 Å². The topological polar surface area (TPSA) is 54.2 Å². The third-order valence-electron chi connectivity index (χ3n) is 3.99. The molecule has 0 aliphatic heterocycles. The fourth-order valence-electron chi connectivity index (χ4n) is 2.57. The summed E-state index contributed by atoms with van der Waals surface area (Å²) in [5.41, 5.74) is 1.35. The Balaban J connectivity index is 1.75. The Morgan fingerprint density at radius 3 is 2.80 bits per heavy atom. The molecule has 0 atom stereocenters. The number of unbranched alkanes of at least 4 members (excludes halogenated alkanes) is 1. The highest BCUT2D eigenvalue weighted by molar-refractivity contribution is 7.98. The van der Waals surface area contributed by atoms with Gasteiger partial charge in [0.25, 0.3) is 0 Å². The molecule has 2 rings (SSSR count). The first-order chi connectivity index (χ1) is 12.3. The van der Waals surface area contributed by atoms with E-state index in [0.29, 0.717) is 6.54 Å². The first-order valence-corrected chi connectivity index (χ1v) is 10.2. The fraction of sp³-hybridized carbons (Fsp3) is 0.474. The Labute approximate surface area is 155 Å². The summed E-state index contributed by atoms with van der Waals surface area (Å²) < 4.78 is 2.20. The van der Waals surface area contributed by atoms with E-state index in [4.69, 9.17) is 0 Å². The van der Waals surface area contributed by atoms with Crippen molar-refractivity contribution in [2.75, 3.05) is 25.6 Å². The van der Waals surface area contributed by atoms with Crippen molar-refractivity contribution in [3.63, 3.8) is 0 Å². The van der Waals surface area contributed by atoms with Crippen LogP contribution in [0.1, 0.15) is 24.2 Å². The maximum atomic E-state index is 4.47. The second kappa shape index (κ2) is 11.6. The van der Waals surface area contributed by atoms with Gasteiger partial charge in [0.15, 0.2) is 5.96 Å². The second-order valence-corrected chi connectivity index (χ2v) is 6.81. The SMILES string of the molecule is CN=C(NCCCCSC)NCc1nccn1CCc1ccccc1. The number of nitrogens with one attached hydrogen (secondary N) is 2. The van der Waals surface area contributed by atoms with Crippen molar-refractivity contribution in [1.29, 1.82) is 0 Å². The van der Waals surface area contributed by atoms with E-state index >= 15 is 0 Å². The Hall–Kier alpha value is -1.95. The van der Waals surface area contributed by atoms with Crippen LogP contribution in [0.5, 0.6) is 0 Å². The molecule has 0 bridgehead atoms. The summed E-state index contributed by atoms with van der Waals surface area (Å²) in [6.45, 7) is 2.55. The lowest BCUT2D eigenvalue weighted by atomic mass is 10.1. The third kappa shape index (κ3) is 7.22. The summed E-state index contributed by atoms with van der Waals surface area (Å²) in [5, 5.41) is 6.71. The van der Waals surface area contributed by atoms with E-state index in [0.717, 1.165) is 37.7 Å². The van der Waals surface area contributed by atoms with Crippen molar-refractivity contribution in [3.8, 4) is 0 Å². The van der Waals surface area contributed by atoms with Crippen LogP contribution in [0.25, 0.3) is 0 Å². The normalized spacial score (nSPS) is 11.5. The number of hydrogen-bond acceptors (Lipinski definition) is 3. The summed E-state index contributed by atoms with van der Waals surface area (Å²) in [5.74, 6) is 3.08. The molecule has 25 heavy (non-hydrogen) atoms. The van der Waals surface area contributed by atoms with Gasteiger partial charge in [-0.25, -0.2) is 4.98 Å². The van der Waals surface area contributed by atoms with Gasteiger partial charge in [0, 0.05) is 32.5 Å². The number of guanidine groups is 1. The molecule has 5 nitrogen and oxygen atoms in total. The van der Waals surface area contributed by atoms with Gasteiger partial charge in [-0.05, 0) is 36.8 Å². The number of aliphatic imine (C=N–C) groups is 1. The number of aryl methyl sites for hydroxylation is 2. The number of benzene rings is 1. The van der Waals surface area contributed by atoms with E-state index in [2.05, 4.69) is 61.8 Å². The minimum atomic E-state index is 0.673. The molecular weight excluding hydrogens is 330 g/mol. The van der Waals surface area contributed by atoms with E-state index < -0.39 is 0 Å². The van der Waals surface area contributed by atoms with Gasteiger partial charge < -0.3 is 15.2 Å². The second-order valence-electron chi connectivity index (χ2n) is 5.82. The van der Waals surface area contributed by atoms with Crippen molar-refractivity contribution < 1.29 is 0 Å². The van der Waals surface area contributed by atoms with Crippen LogP contribution in [-0.2, 0) is 19.5 Å². The predicted molar refractivity (Wildman–Crippen MR) is 108 cm³/mol. The first-order valence-electron chi connectivity index (χ1n) is 8.81. The fourth-order valence-corrected chi connectivity index (χ4v) is 3.06. The summed E-state index contributed by atoms with van der Waals surface area (Å²) in [6, 6.07) is 10.5. The molecule has 2 N–H and O–H groups in total. The highest BCUT2D eigenvalue weighted by atomic mass is 32.2. The number of thioether (sulfide) groups is 1. The maximum absolute atomic E-state index is 4.47. The molecular formula is C19H29N5S. The zero-order chi connectivity index (χ0) is 17.7. The molecule has 1 heterocycles. The van der Waals surface area contributed by atoms with Crippen molar-refractivity contribution >= 4 is 17.7 Å². The zero-order valence-corrected chi connectivity index (χ0v) is 16.1. The van der Waals surface area contributed by atoms with Crippen LogP contribution in [0.2, 0.25) is 0 Å². The average Bonchev–Trinajstić information content (AvgIpc) is 3.10. The predicted octanol–water partition coefficient (Wildman–Crippen LogP) is 2.93. The van der Waals surface area contributed by atoms with Crippen LogP contribution in [0.15, 0.2) is 47.7 Å². The third-order valence-corrected chi connectivity index (χ3v) is 4.69. The monoisotopic (exact) mass is 359 g/mol. The number of rotatable bonds is 10. The van der Waals surface area contributed by atoms with Crippen LogP contribution in [0, 0.1) is 0 Å². The van der Waals surface area contributed by atoms with Gasteiger partial charge >= 0.3 is 0 Å². The van der Waals surface area contributed by atoms with Crippen molar-refractivity contribution in [1.82, 2.24) is 20.2 Å². The molecule has 0 aliphatic rings. The van der Waals surface area contributed by atoms with Gasteiger partial charge in [-0.15, -0.1) is 0 Å². The van der Waals surface area contributed by atoms with Crippen molar-refractivity contribution in [2.45, 2.75) is 32.4 Å². The van der Waals surface area contributed by atoms with Crippen LogP contribution >= 0.6 is 11.8 Å². The largest absolute Gasteiger partial charge is 0.356 e. The molecule has 0 aliphatic carbocycles. The molecule has 6 heteroatoms. The molecule has 0 spiro atoms. The molecule has 0 saturated carbocycles. The van der Waals surface area contributed by atoms with Crippen LogP contribution in [0.3, 0.4) is 0 Å². The zero-order valence-electron chi connectivity index (χ0n) is 15.2. The number of hydrogen-bond donors (Lipinski definition) is 2. The Bertz CT molecular complexity index is 624. The Kier molecular flexibility index (Phi) is 8.97. The van der Waals surface area contributed by atoms with E-state index in [1.54, 1.807) is 7.05 Å².